The van der Waals surface area contributed by atoms with E-state index in [1.54, 1.807) is 35.1 Å². The number of carbonyl (C=O) groups is 2. The van der Waals surface area contributed by atoms with Crippen molar-refractivity contribution >= 4 is 40.1 Å². The summed E-state index contributed by atoms with van der Waals surface area (Å²) in [5, 5.41) is 11.2. The Bertz CT molecular complexity index is 1040. The second-order valence-corrected chi connectivity index (χ2v) is 7.96. The van der Waals surface area contributed by atoms with E-state index in [1.807, 2.05) is 12.1 Å². The molecule has 2 heterocycles. The third kappa shape index (κ3) is 4.51. The van der Waals surface area contributed by atoms with Crippen LogP contribution in [0.1, 0.15) is 17.7 Å². The monoisotopic (exact) mass is 505 g/mol. The van der Waals surface area contributed by atoms with Crippen molar-refractivity contribution < 1.29 is 14.0 Å². The Morgan fingerprint density at radius 3 is 2.55 bits per heavy atom. The largest absolute Gasteiger partial charge is 0.300 e. The number of nitrogens with one attached hydrogen (secondary N) is 1. The standard InChI is InChI=1S/C20H17FIN5O2/c21-14-3-1-13(2-4-14)11-26-12-16(24-25-26)10-23-18-9-19(28)27(20(18)29)17-7-5-15(22)6-8-17/h1-8,12,18,23H,9-11H2. The average Bonchev–Trinajstić information content (AvgIpc) is 3.26. The van der Waals surface area contributed by atoms with Crippen LogP contribution in [0, 0.1) is 9.39 Å². The molecule has 0 aliphatic carbocycles. The van der Waals surface area contributed by atoms with Gasteiger partial charge in [-0.15, -0.1) is 5.10 Å². The number of nitrogens with zero attached hydrogens (tertiary/aromatic N) is 4. The molecule has 1 fully saturated rings. The fourth-order valence-corrected chi connectivity index (χ4v) is 3.51. The second kappa shape index (κ2) is 8.37. The number of imide groups is 1. The molecular formula is C20H17FIN5O2. The number of rotatable bonds is 6. The number of carbonyl (C=O) groups excluding carboxylic acids is 2. The molecule has 4 rings (SSSR count). The molecule has 1 N–H and O–H groups in total. The third-order valence-electron chi connectivity index (χ3n) is 4.60. The van der Waals surface area contributed by atoms with E-state index in [1.165, 1.54) is 17.0 Å². The van der Waals surface area contributed by atoms with E-state index in [9.17, 15) is 14.0 Å². The Hall–Kier alpha value is -2.66. The van der Waals surface area contributed by atoms with Crippen LogP contribution in [0.5, 0.6) is 0 Å². The Kier molecular flexibility index (Phi) is 5.67. The Morgan fingerprint density at radius 2 is 1.83 bits per heavy atom. The van der Waals surface area contributed by atoms with Crippen LogP contribution in [0.25, 0.3) is 0 Å². The molecular weight excluding hydrogens is 488 g/mol. The Balaban J connectivity index is 1.36. The molecule has 1 aliphatic heterocycles. The molecule has 1 unspecified atom stereocenters. The van der Waals surface area contributed by atoms with Crippen molar-refractivity contribution in [1.29, 1.82) is 0 Å². The van der Waals surface area contributed by atoms with Crippen molar-refractivity contribution in [2.24, 2.45) is 0 Å². The SMILES string of the molecule is O=C1CC(NCc2cn(Cc3ccc(F)cc3)nn2)C(=O)N1c1ccc(I)cc1. The van der Waals surface area contributed by atoms with E-state index in [4.69, 9.17) is 0 Å². The van der Waals surface area contributed by atoms with Gasteiger partial charge in [-0.3, -0.25) is 14.9 Å². The summed E-state index contributed by atoms with van der Waals surface area (Å²) in [5.74, 6) is -0.782. The van der Waals surface area contributed by atoms with Gasteiger partial charge in [0.15, 0.2) is 0 Å². The maximum Gasteiger partial charge on any atom is 0.251 e. The van der Waals surface area contributed by atoms with Gasteiger partial charge in [-0.05, 0) is 64.6 Å². The first-order valence-corrected chi connectivity index (χ1v) is 10.1. The van der Waals surface area contributed by atoms with Gasteiger partial charge in [0.1, 0.15) is 5.82 Å². The Labute approximate surface area is 180 Å². The first-order chi connectivity index (χ1) is 14.0. The molecule has 148 valence electrons. The van der Waals surface area contributed by atoms with E-state index in [-0.39, 0.29) is 24.1 Å². The third-order valence-corrected chi connectivity index (χ3v) is 5.32. The van der Waals surface area contributed by atoms with E-state index in [2.05, 4.69) is 38.2 Å². The zero-order valence-corrected chi connectivity index (χ0v) is 17.4. The highest BCUT2D eigenvalue weighted by molar-refractivity contribution is 14.1. The van der Waals surface area contributed by atoms with Crippen molar-refractivity contribution in [2.75, 3.05) is 4.90 Å². The molecule has 1 aliphatic rings. The molecule has 3 aromatic rings. The summed E-state index contributed by atoms with van der Waals surface area (Å²) in [7, 11) is 0. The van der Waals surface area contributed by atoms with Gasteiger partial charge in [-0.2, -0.15) is 0 Å². The van der Waals surface area contributed by atoms with Crippen LogP contribution < -0.4 is 10.2 Å². The second-order valence-electron chi connectivity index (χ2n) is 6.72. The van der Waals surface area contributed by atoms with Crippen molar-refractivity contribution in [1.82, 2.24) is 20.3 Å². The van der Waals surface area contributed by atoms with Gasteiger partial charge in [0.05, 0.1) is 36.6 Å². The minimum Gasteiger partial charge on any atom is -0.300 e. The maximum absolute atomic E-state index is 13.0. The highest BCUT2D eigenvalue weighted by Crippen LogP contribution is 2.23. The van der Waals surface area contributed by atoms with Crippen LogP contribution in [-0.2, 0) is 22.7 Å². The summed E-state index contributed by atoms with van der Waals surface area (Å²) in [6.45, 7) is 0.780. The number of aromatic nitrogens is 3. The summed E-state index contributed by atoms with van der Waals surface area (Å²) in [4.78, 5) is 26.2. The smallest absolute Gasteiger partial charge is 0.251 e. The molecule has 0 spiro atoms. The van der Waals surface area contributed by atoms with Gasteiger partial charge >= 0.3 is 0 Å². The quantitative estimate of drug-likeness (QED) is 0.412. The number of benzene rings is 2. The van der Waals surface area contributed by atoms with Crippen molar-refractivity contribution in [3.8, 4) is 0 Å². The summed E-state index contributed by atoms with van der Waals surface area (Å²) in [6.07, 6.45) is 1.86. The summed E-state index contributed by atoms with van der Waals surface area (Å²) < 4.78 is 15.7. The highest BCUT2D eigenvalue weighted by Gasteiger charge is 2.39. The van der Waals surface area contributed by atoms with Crippen molar-refractivity contribution in [3.05, 3.63) is 75.4 Å². The fraction of sp³-hybridized carbons (Fsp3) is 0.200. The van der Waals surface area contributed by atoms with Crippen molar-refractivity contribution in [3.63, 3.8) is 0 Å². The predicted octanol–water partition coefficient (Wildman–Crippen LogP) is 2.49. The lowest BCUT2D eigenvalue weighted by Gasteiger charge is -2.15. The van der Waals surface area contributed by atoms with Gasteiger partial charge in [-0.25, -0.2) is 14.0 Å². The van der Waals surface area contributed by atoms with Gasteiger partial charge in [0.25, 0.3) is 5.91 Å². The number of anilines is 1. The summed E-state index contributed by atoms with van der Waals surface area (Å²) in [6, 6.07) is 12.8. The molecule has 1 saturated heterocycles. The van der Waals surface area contributed by atoms with Crippen LogP contribution in [0.4, 0.5) is 10.1 Å². The number of amides is 2. The van der Waals surface area contributed by atoms with Crippen LogP contribution in [0.3, 0.4) is 0 Å². The average molecular weight is 505 g/mol. The topological polar surface area (TPSA) is 80.1 Å². The Morgan fingerprint density at radius 1 is 1.10 bits per heavy atom. The van der Waals surface area contributed by atoms with E-state index in [0.29, 0.717) is 24.5 Å². The van der Waals surface area contributed by atoms with Crippen LogP contribution >= 0.6 is 22.6 Å². The molecule has 2 amide bonds. The normalized spacial score (nSPS) is 16.6. The molecule has 1 aromatic heterocycles. The van der Waals surface area contributed by atoms with Gasteiger partial charge in [0, 0.05) is 10.1 Å². The molecule has 2 aromatic carbocycles. The maximum atomic E-state index is 13.0. The van der Waals surface area contributed by atoms with Crippen LogP contribution in [-0.4, -0.2) is 32.9 Å². The lowest BCUT2D eigenvalue weighted by atomic mass is 10.2. The molecule has 1 atom stereocenters. The minimum atomic E-state index is -0.593. The number of hydrogen-bond acceptors (Lipinski definition) is 5. The van der Waals surface area contributed by atoms with E-state index < -0.39 is 6.04 Å². The van der Waals surface area contributed by atoms with Crippen molar-refractivity contribution in [2.45, 2.75) is 25.6 Å². The molecule has 0 radical (unpaired) electrons. The number of halogens is 2. The van der Waals surface area contributed by atoms with E-state index >= 15 is 0 Å². The van der Waals surface area contributed by atoms with Gasteiger partial charge in [0.2, 0.25) is 5.91 Å². The molecule has 9 heteroatoms. The number of hydrogen-bond donors (Lipinski definition) is 1. The fourth-order valence-electron chi connectivity index (χ4n) is 3.15. The minimum absolute atomic E-state index is 0.106. The molecule has 0 saturated carbocycles. The molecule has 29 heavy (non-hydrogen) atoms. The lowest BCUT2D eigenvalue weighted by molar-refractivity contribution is -0.121. The predicted molar refractivity (Wildman–Crippen MR) is 112 cm³/mol. The van der Waals surface area contributed by atoms with Gasteiger partial charge in [-0.1, -0.05) is 17.3 Å². The molecule has 0 bridgehead atoms. The summed E-state index contributed by atoms with van der Waals surface area (Å²) >= 11 is 2.17. The zero-order valence-electron chi connectivity index (χ0n) is 15.3. The first kappa shape index (κ1) is 19.6. The zero-order chi connectivity index (χ0) is 20.4. The van der Waals surface area contributed by atoms with Crippen LogP contribution in [0.2, 0.25) is 0 Å². The summed E-state index contributed by atoms with van der Waals surface area (Å²) in [5.41, 5.74) is 2.13. The van der Waals surface area contributed by atoms with E-state index in [0.717, 1.165) is 9.13 Å². The highest BCUT2D eigenvalue weighted by atomic mass is 127. The lowest BCUT2D eigenvalue weighted by Crippen LogP contribution is -2.38. The first-order valence-electron chi connectivity index (χ1n) is 8.99. The van der Waals surface area contributed by atoms with Gasteiger partial charge < -0.3 is 0 Å². The van der Waals surface area contributed by atoms with Crippen LogP contribution in [0.15, 0.2) is 54.7 Å². The molecule has 7 nitrogen and oxygen atoms in total.